The Morgan fingerprint density at radius 3 is 2.16 bits per heavy atom. The van der Waals surface area contributed by atoms with Crippen LogP contribution < -0.4 is 10.6 Å². The Kier molecular flexibility index (Phi) is 6.75. The predicted molar refractivity (Wildman–Crippen MR) is 116 cm³/mol. The van der Waals surface area contributed by atoms with Crippen molar-refractivity contribution in [3.8, 4) is 11.3 Å². The van der Waals surface area contributed by atoms with E-state index in [4.69, 9.17) is 0 Å². The molecule has 11 heteroatoms. The molecule has 6 nitrogen and oxygen atoms in total. The molecule has 3 aromatic rings. The van der Waals surface area contributed by atoms with Crippen LogP contribution in [-0.2, 0) is 6.18 Å². The van der Waals surface area contributed by atoms with Crippen molar-refractivity contribution in [1.82, 2.24) is 15.3 Å². The summed E-state index contributed by atoms with van der Waals surface area (Å²) in [6.45, 7) is 1.60. The number of carbonyl (C=O) groups is 2. The number of imide groups is 1. The lowest BCUT2D eigenvalue weighted by molar-refractivity contribution is -0.137. The van der Waals surface area contributed by atoms with Gasteiger partial charge in [-0.3, -0.25) is 20.4 Å². The molecule has 0 bridgehead atoms. The molecule has 0 aliphatic carbocycles. The van der Waals surface area contributed by atoms with Gasteiger partial charge in [-0.2, -0.15) is 13.2 Å². The van der Waals surface area contributed by atoms with Crippen molar-refractivity contribution in [2.45, 2.75) is 13.1 Å². The molecule has 0 aliphatic rings. The summed E-state index contributed by atoms with van der Waals surface area (Å²) in [7, 11) is 0. The summed E-state index contributed by atoms with van der Waals surface area (Å²) in [5, 5.41) is 4.60. The molecule has 160 valence electrons. The number of aromatic nitrogens is 2. The third-order valence-corrected chi connectivity index (χ3v) is 5.41. The zero-order valence-electron chi connectivity index (χ0n) is 15.7. The van der Waals surface area contributed by atoms with Crippen LogP contribution >= 0.6 is 31.9 Å². The zero-order chi connectivity index (χ0) is 22.8. The Balaban J connectivity index is 1.71. The number of carbonyl (C=O) groups excluding carboxylic acids is 2. The lowest BCUT2D eigenvalue weighted by Crippen LogP contribution is -2.35. The minimum absolute atomic E-state index is 0.0738. The first-order valence-electron chi connectivity index (χ1n) is 8.64. The van der Waals surface area contributed by atoms with Crippen molar-refractivity contribution in [2.24, 2.45) is 0 Å². The fourth-order valence-electron chi connectivity index (χ4n) is 2.67. The molecule has 0 unspecified atom stereocenters. The van der Waals surface area contributed by atoms with Gasteiger partial charge in [0, 0.05) is 14.5 Å². The number of amides is 3. The van der Waals surface area contributed by atoms with Gasteiger partial charge in [-0.15, -0.1) is 0 Å². The van der Waals surface area contributed by atoms with Crippen molar-refractivity contribution >= 4 is 49.6 Å². The third-order valence-electron chi connectivity index (χ3n) is 4.09. The quantitative estimate of drug-likeness (QED) is 0.416. The lowest BCUT2D eigenvalue weighted by atomic mass is 10.1. The second-order valence-corrected chi connectivity index (χ2v) is 7.98. The van der Waals surface area contributed by atoms with E-state index in [1.807, 2.05) is 0 Å². The maximum absolute atomic E-state index is 12.7. The van der Waals surface area contributed by atoms with Gasteiger partial charge in [0.25, 0.3) is 5.91 Å². The average molecular weight is 558 g/mol. The van der Waals surface area contributed by atoms with E-state index >= 15 is 0 Å². The van der Waals surface area contributed by atoms with Gasteiger partial charge in [0.2, 0.25) is 0 Å². The number of hydrogen-bond donors (Lipinski definition) is 2. The van der Waals surface area contributed by atoms with Gasteiger partial charge in [-0.1, -0.05) is 18.2 Å². The molecule has 1 heterocycles. The molecule has 0 radical (unpaired) electrons. The Labute approximate surface area is 191 Å². The molecule has 0 atom stereocenters. The molecule has 0 saturated carbocycles. The molecule has 0 fully saturated rings. The third kappa shape index (κ3) is 5.47. The van der Waals surface area contributed by atoms with E-state index in [2.05, 4.69) is 52.5 Å². The van der Waals surface area contributed by atoms with Gasteiger partial charge in [0.15, 0.2) is 5.82 Å². The second kappa shape index (κ2) is 9.15. The van der Waals surface area contributed by atoms with Crippen molar-refractivity contribution < 1.29 is 22.8 Å². The molecule has 2 aromatic carbocycles. The summed E-state index contributed by atoms with van der Waals surface area (Å²) >= 11 is 6.50. The number of rotatable bonds is 3. The SMILES string of the molecule is Cc1nc(NC(=O)NC(=O)c2c(Br)cccc2Br)cnc1-c1ccc(C(F)(F)F)cc1. The van der Waals surface area contributed by atoms with E-state index in [9.17, 15) is 22.8 Å². The first kappa shape index (κ1) is 22.9. The van der Waals surface area contributed by atoms with E-state index < -0.39 is 23.7 Å². The number of alkyl halides is 3. The van der Waals surface area contributed by atoms with Crippen LogP contribution in [0.2, 0.25) is 0 Å². The largest absolute Gasteiger partial charge is 0.416 e. The van der Waals surface area contributed by atoms with Crippen LogP contribution in [-0.4, -0.2) is 21.9 Å². The number of benzene rings is 2. The van der Waals surface area contributed by atoms with Crippen molar-refractivity contribution in [2.75, 3.05) is 5.32 Å². The Bertz CT molecular complexity index is 1130. The fraction of sp³-hybridized carbons (Fsp3) is 0.100. The number of nitrogens with one attached hydrogen (secondary N) is 2. The smallest absolute Gasteiger partial charge is 0.291 e. The number of anilines is 1. The summed E-state index contributed by atoms with van der Waals surface area (Å²) in [6, 6.07) is 8.74. The summed E-state index contributed by atoms with van der Waals surface area (Å²) in [5.74, 6) is -0.562. The van der Waals surface area contributed by atoms with E-state index in [1.54, 1.807) is 25.1 Å². The molecule has 2 N–H and O–H groups in total. The van der Waals surface area contributed by atoms with Crippen LogP contribution in [0.4, 0.5) is 23.8 Å². The number of nitrogens with zero attached hydrogens (tertiary/aromatic N) is 2. The van der Waals surface area contributed by atoms with Crippen LogP contribution in [0.5, 0.6) is 0 Å². The molecule has 31 heavy (non-hydrogen) atoms. The number of halogens is 5. The molecule has 0 spiro atoms. The summed E-state index contributed by atoms with van der Waals surface area (Å²) in [4.78, 5) is 32.9. The van der Waals surface area contributed by atoms with Gasteiger partial charge >= 0.3 is 12.2 Å². The van der Waals surface area contributed by atoms with Crippen LogP contribution in [0.1, 0.15) is 21.6 Å². The number of aryl methyl sites for hydroxylation is 1. The summed E-state index contributed by atoms with van der Waals surface area (Å²) in [5.41, 5.74) is 0.684. The Morgan fingerprint density at radius 2 is 1.61 bits per heavy atom. The normalized spacial score (nSPS) is 11.2. The highest BCUT2D eigenvalue weighted by Crippen LogP contribution is 2.31. The number of hydrogen-bond acceptors (Lipinski definition) is 4. The standard InChI is InChI=1S/C20H13Br2F3N4O2/c1-10-17(11-5-7-12(8-6-11)20(23,24)25)26-9-15(27-10)28-19(31)29-18(30)16-13(21)3-2-4-14(16)22/h2-9H,1H3,(H2,27,28,29,30,31). The van der Waals surface area contributed by atoms with Crippen molar-refractivity contribution in [3.63, 3.8) is 0 Å². The van der Waals surface area contributed by atoms with Crippen molar-refractivity contribution in [3.05, 3.63) is 74.4 Å². The monoisotopic (exact) mass is 556 g/mol. The molecule has 1 aromatic heterocycles. The van der Waals surface area contributed by atoms with Crippen LogP contribution in [0.25, 0.3) is 11.3 Å². The average Bonchev–Trinajstić information content (AvgIpc) is 2.67. The van der Waals surface area contributed by atoms with E-state index in [0.717, 1.165) is 12.1 Å². The molecule has 0 aliphatic heterocycles. The van der Waals surface area contributed by atoms with E-state index in [-0.39, 0.29) is 11.4 Å². The summed E-state index contributed by atoms with van der Waals surface area (Å²) in [6.07, 6.45) is -3.18. The number of urea groups is 1. The van der Waals surface area contributed by atoms with Gasteiger partial charge in [-0.25, -0.2) is 9.78 Å². The maximum atomic E-state index is 12.7. The van der Waals surface area contributed by atoms with Gasteiger partial charge < -0.3 is 0 Å². The first-order valence-corrected chi connectivity index (χ1v) is 10.2. The van der Waals surface area contributed by atoms with Crippen LogP contribution in [0, 0.1) is 6.92 Å². The molecule has 3 amide bonds. The highest BCUT2D eigenvalue weighted by molar-refractivity contribution is 9.11. The fourth-order valence-corrected chi connectivity index (χ4v) is 4.03. The highest BCUT2D eigenvalue weighted by atomic mass is 79.9. The maximum Gasteiger partial charge on any atom is 0.416 e. The van der Waals surface area contributed by atoms with E-state index in [1.165, 1.54) is 18.3 Å². The topological polar surface area (TPSA) is 84.0 Å². The molecular formula is C20H13Br2F3N4O2. The predicted octanol–water partition coefficient (Wildman–Crippen LogP) is 5.96. The Hall–Kier alpha value is -2.79. The van der Waals surface area contributed by atoms with Crippen LogP contribution in [0.15, 0.2) is 57.6 Å². The highest BCUT2D eigenvalue weighted by Gasteiger charge is 2.30. The van der Waals surface area contributed by atoms with Gasteiger partial charge in [0.05, 0.1) is 28.7 Å². The summed E-state index contributed by atoms with van der Waals surface area (Å²) < 4.78 is 39.2. The molecular weight excluding hydrogens is 545 g/mol. The molecule has 0 saturated heterocycles. The zero-order valence-corrected chi connectivity index (χ0v) is 18.9. The lowest BCUT2D eigenvalue weighted by Gasteiger charge is -2.11. The second-order valence-electron chi connectivity index (χ2n) is 6.27. The Morgan fingerprint density at radius 1 is 1.00 bits per heavy atom. The van der Waals surface area contributed by atoms with Gasteiger partial charge in [0.1, 0.15) is 0 Å². The first-order chi connectivity index (χ1) is 14.6. The minimum Gasteiger partial charge on any atom is -0.291 e. The van der Waals surface area contributed by atoms with E-state index in [0.29, 0.717) is 25.9 Å². The molecule has 3 rings (SSSR count). The minimum atomic E-state index is -4.43. The van der Waals surface area contributed by atoms with Crippen LogP contribution in [0.3, 0.4) is 0 Å². The van der Waals surface area contributed by atoms with Gasteiger partial charge in [-0.05, 0) is 63.0 Å². The van der Waals surface area contributed by atoms with Crippen molar-refractivity contribution in [1.29, 1.82) is 0 Å².